The Hall–Kier alpha value is -1.64. The van der Waals surface area contributed by atoms with E-state index in [1.165, 1.54) is 0 Å². The van der Waals surface area contributed by atoms with Gasteiger partial charge in [-0.3, -0.25) is 4.79 Å². The molecular formula is C16H24BrN3O4. The SMILES string of the molecule is CC(C)CC(NC(=O)Nc1ccc(Br)cc1)C(=O)NC(CO)CO. The second kappa shape index (κ2) is 10.3. The molecule has 3 amide bonds. The third-order valence-corrected chi connectivity index (χ3v) is 3.75. The maximum Gasteiger partial charge on any atom is 0.319 e. The molecule has 1 aromatic carbocycles. The van der Waals surface area contributed by atoms with E-state index in [2.05, 4.69) is 31.9 Å². The maximum atomic E-state index is 12.3. The summed E-state index contributed by atoms with van der Waals surface area (Å²) < 4.78 is 0.893. The first-order chi connectivity index (χ1) is 11.3. The zero-order valence-corrected chi connectivity index (χ0v) is 15.3. The van der Waals surface area contributed by atoms with Crippen molar-refractivity contribution in [2.45, 2.75) is 32.4 Å². The lowest BCUT2D eigenvalue weighted by atomic mass is 10.0. The van der Waals surface area contributed by atoms with Crippen molar-refractivity contribution in [3.63, 3.8) is 0 Å². The van der Waals surface area contributed by atoms with Gasteiger partial charge in [0.1, 0.15) is 6.04 Å². The Morgan fingerprint density at radius 1 is 1.08 bits per heavy atom. The fourth-order valence-electron chi connectivity index (χ4n) is 2.01. The summed E-state index contributed by atoms with van der Waals surface area (Å²) in [6, 6.07) is 5.04. The molecule has 0 saturated heterocycles. The van der Waals surface area contributed by atoms with Crippen molar-refractivity contribution < 1.29 is 19.8 Å². The predicted molar refractivity (Wildman–Crippen MR) is 95.6 cm³/mol. The minimum atomic E-state index is -0.763. The van der Waals surface area contributed by atoms with Gasteiger partial charge < -0.3 is 26.2 Å². The number of hydrogen-bond donors (Lipinski definition) is 5. The van der Waals surface area contributed by atoms with Crippen LogP contribution in [0.3, 0.4) is 0 Å². The highest BCUT2D eigenvalue weighted by Gasteiger charge is 2.23. The second-order valence-electron chi connectivity index (χ2n) is 5.86. The molecule has 1 aromatic rings. The van der Waals surface area contributed by atoms with E-state index in [4.69, 9.17) is 10.2 Å². The molecule has 0 aliphatic heterocycles. The molecule has 0 bridgehead atoms. The zero-order chi connectivity index (χ0) is 18.1. The lowest BCUT2D eigenvalue weighted by Crippen LogP contribution is -2.52. The van der Waals surface area contributed by atoms with E-state index >= 15 is 0 Å². The quantitative estimate of drug-likeness (QED) is 0.453. The Kier molecular flexibility index (Phi) is 8.73. The molecule has 1 atom stereocenters. The molecule has 0 radical (unpaired) electrons. The van der Waals surface area contributed by atoms with E-state index < -0.39 is 24.0 Å². The van der Waals surface area contributed by atoms with E-state index in [1.54, 1.807) is 24.3 Å². The van der Waals surface area contributed by atoms with Gasteiger partial charge in [-0.25, -0.2) is 4.79 Å². The lowest BCUT2D eigenvalue weighted by molar-refractivity contribution is -0.124. The fraction of sp³-hybridized carbons (Fsp3) is 0.500. The third kappa shape index (κ3) is 7.29. The topological polar surface area (TPSA) is 111 Å². The van der Waals surface area contributed by atoms with Gasteiger partial charge in [-0.1, -0.05) is 29.8 Å². The van der Waals surface area contributed by atoms with Crippen LogP contribution in [0.1, 0.15) is 20.3 Å². The van der Waals surface area contributed by atoms with Crippen molar-refractivity contribution in [1.82, 2.24) is 10.6 Å². The molecule has 5 N–H and O–H groups in total. The highest BCUT2D eigenvalue weighted by molar-refractivity contribution is 9.10. The average molecular weight is 402 g/mol. The van der Waals surface area contributed by atoms with Gasteiger partial charge in [0, 0.05) is 10.2 Å². The van der Waals surface area contributed by atoms with Crippen LogP contribution in [0.5, 0.6) is 0 Å². The van der Waals surface area contributed by atoms with Gasteiger partial charge in [-0.15, -0.1) is 0 Å². The van der Waals surface area contributed by atoms with Gasteiger partial charge in [-0.05, 0) is 36.6 Å². The Labute approximate surface area is 150 Å². The molecule has 0 saturated carbocycles. The largest absolute Gasteiger partial charge is 0.394 e. The van der Waals surface area contributed by atoms with Gasteiger partial charge in [0.25, 0.3) is 0 Å². The van der Waals surface area contributed by atoms with Gasteiger partial charge >= 0.3 is 6.03 Å². The van der Waals surface area contributed by atoms with E-state index in [0.717, 1.165) is 4.47 Å². The highest BCUT2D eigenvalue weighted by Crippen LogP contribution is 2.14. The average Bonchev–Trinajstić information content (AvgIpc) is 2.53. The molecule has 1 rings (SSSR count). The van der Waals surface area contributed by atoms with Gasteiger partial charge in [-0.2, -0.15) is 0 Å². The lowest BCUT2D eigenvalue weighted by Gasteiger charge is -2.23. The molecule has 0 heterocycles. The summed E-state index contributed by atoms with van der Waals surface area (Å²) in [7, 11) is 0. The van der Waals surface area contributed by atoms with Crippen LogP contribution in [0.4, 0.5) is 10.5 Å². The molecule has 0 aromatic heterocycles. The summed E-state index contributed by atoms with van der Waals surface area (Å²) >= 11 is 3.31. The number of urea groups is 1. The van der Waals surface area contributed by atoms with Gasteiger partial charge in [0.15, 0.2) is 0 Å². The standard InChI is InChI=1S/C16H24BrN3O4/c1-10(2)7-14(15(23)18-13(8-21)9-22)20-16(24)19-12-5-3-11(17)4-6-12/h3-6,10,13-14,21-22H,7-9H2,1-2H3,(H,18,23)(H2,19,20,24). The van der Waals surface area contributed by atoms with Crippen molar-refractivity contribution in [3.8, 4) is 0 Å². The van der Waals surface area contributed by atoms with Crippen molar-refractivity contribution in [2.24, 2.45) is 5.92 Å². The van der Waals surface area contributed by atoms with Crippen molar-refractivity contribution in [2.75, 3.05) is 18.5 Å². The Morgan fingerprint density at radius 3 is 2.17 bits per heavy atom. The molecule has 0 fully saturated rings. The summed E-state index contributed by atoms with van der Waals surface area (Å²) in [6.07, 6.45) is 0.434. The van der Waals surface area contributed by atoms with Crippen LogP contribution in [0.25, 0.3) is 0 Å². The number of aliphatic hydroxyl groups excluding tert-OH is 2. The number of hydrogen-bond acceptors (Lipinski definition) is 4. The van der Waals surface area contributed by atoms with Crippen LogP contribution >= 0.6 is 15.9 Å². The van der Waals surface area contributed by atoms with Crippen LogP contribution in [-0.4, -0.2) is 47.4 Å². The molecule has 1 unspecified atom stereocenters. The fourth-order valence-corrected chi connectivity index (χ4v) is 2.28. The number of carbonyl (C=O) groups is 2. The zero-order valence-electron chi connectivity index (χ0n) is 13.8. The number of halogens is 1. The summed E-state index contributed by atoms with van der Waals surface area (Å²) in [6.45, 7) is 3.12. The molecular weight excluding hydrogens is 378 g/mol. The number of anilines is 1. The van der Waals surface area contributed by atoms with Crippen molar-refractivity contribution >= 4 is 33.6 Å². The van der Waals surface area contributed by atoms with E-state index in [-0.39, 0.29) is 19.1 Å². The highest BCUT2D eigenvalue weighted by atomic mass is 79.9. The van der Waals surface area contributed by atoms with Gasteiger partial charge in [0.05, 0.1) is 19.3 Å². The Bertz CT molecular complexity index is 533. The number of aliphatic hydroxyl groups is 2. The molecule has 7 nitrogen and oxygen atoms in total. The summed E-state index contributed by atoms with van der Waals surface area (Å²) in [5.41, 5.74) is 0.600. The second-order valence-corrected chi connectivity index (χ2v) is 6.77. The molecule has 24 heavy (non-hydrogen) atoms. The summed E-state index contributed by atoms with van der Waals surface area (Å²) in [5.74, 6) is -0.266. The normalized spacial score (nSPS) is 12.1. The first kappa shape index (κ1) is 20.4. The number of rotatable bonds is 8. The van der Waals surface area contributed by atoms with E-state index in [1.807, 2.05) is 13.8 Å². The van der Waals surface area contributed by atoms with Crippen LogP contribution in [0.2, 0.25) is 0 Å². The molecule has 134 valence electrons. The van der Waals surface area contributed by atoms with Gasteiger partial charge in [0.2, 0.25) is 5.91 Å². The number of carbonyl (C=O) groups excluding carboxylic acids is 2. The summed E-state index contributed by atoms with van der Waals surface area (Å²) in [5, 5.41) is 25.9. The number of amides is 3. The molecule has 8 heteroatoms. The first-order valence-corrected chi connectivity index (χ1v) is 8.50. The number of nitrogens with one attached hydrogen (secondary N) is 3. The molecule has 0 spiro atoms. The molecule has 0 aliphatic carbocycles. The maximum absolute atomic E-state index is 12.3. The van der Waals surface area contributed by atoms with Crippen molar-refractivity contribution in [1.29, 1.82) is 0 Å². The minimum absolute atomic E-state index is 0.176. The summed E-state index contributed by atoms with van der Waals surface area (Å²) in [4.78, 5) is 24.4. The van der Waals surface area contributed by atoms with E-state index in [0.29, 0.717) is 12.1 Å². The van der Waals surface area contributed by atoms with E-state index in [9.17, 15) is 9.59 Å². The number of benzene rings is 1. The Balaban J connectivity index is 2.68. The minimum Gasteiger partial charge on any atom is -0.394 e. The van der Waals surface area contributed by atoms with Crippen LogP contribution in [0.15, 0.2) is 28.7 Å². The first-order valence-electron chi connectivity index (χ1n) is 7.70. The predicted octanol–water partition coefficient (Wildman–Crippen LogP) is 1.45. The third-order valence-electron chi connectivity index (χ3n) is 3.22. The monoisotopic (exact) mass is 401 g/mol. The molecule has 0 aliphatic rings. The van der Waals surface area contributed by atoms with Crippen LogP contribution in [0, 0.1) is 5.92 Å². The van der Waals surface area contributed by atoms with Crippen LogP contribution < -0.4 is 16.0 Å². The van der Waals surface area contributed by atoms with Crippen molar-refractivity contribution in [3.05, 3.63) is 28.7 Å². The smallest absolute Gasteiger partial charge is 0.319 e. The Morgan fingerprint density at radius 2 is 1.67 bits per heavy atom. The van der Waals surface area contributed by atoms with Crippen LogP contribution in [-0.2, 0) is 4.79 Å².